The van der Waals surface area contributed by atoms with Crippen LogP contribution in [0.1, 0.15) is 47.3 Å². The number of carbonyl (C=O) groups excluding carboxylic acids is 1. The summed E-state index contributed by atoms with van der Waals surface area (Å²) in [5, 5.41) is 11.6. The molecule has 23 heavy (non-hydrogen) atoms. The Balaban J connectivity index is 2.02. The van der Waals surface area contributed by atoms with Gasteiger partial charge in [0.2, 0.25) is 0 Å². The first kappa shape index (κ1) is 17.9. The van der Waals surface area contributed by atoms with Crippen LogP contribution in [0.5, 0.6) is 0 Å². The fourth-order valence-electron chi connectivity index (χ4n) is 2.92. The van der Waals surface area contributed by atoms with E-state index in [0.29, 0.717) is 10.8 Å². The van der Waals surface area contributed by atoms with Crippen molar-refractivity contribution in [3.63, 3.8) is 0 Å². The number of hydrogen-bond donors (Lipinski definition) is 2. The van der Waals surface area contributed by atoms with Gasteiger partial charge in [-0.2, -0.15) is 0 Å². The molecule has 2 atom stereocenters. The Morgan fingerprint density at radius 1 is 1.48 bits per heavy atom. The molecule has 0 bridgehead atoms. The summed E-state index contributed by atoms with van der Waals surface area (Å²) in [5.74, 6) is -0.670. The molecule has 6 heteroatoms. The summed E-state index contributed by atoms with van der Waals surface area (Å²) in [4.78, 5) is 25.1. The molecule has 0 fully saturated rings. The Kier molecular flexibility index (Phi) is 5.47. The predicted molar refractivity (Wildman–Crippen MR) is 90.1 cm³/mol. The zero-order valence-corrected chi connectivity index (χ0v) is 15.0. The van der Waals surface area contributed by atoms with Crippen molar-refractivity contribution in [1.29, 1.82) is 0 Å². The van der Waals surface area contributed by atoms with E-state index >= 15 is 0 Å². The second-order valence-corrected chi connectivity index (χ2v) is 8.27. The Morgan fingerprint density at radius 2 is 2.17 bits per heavy atom. The molecule has 5 nitrogen and oxygen atoms in total. The lowest BCUT2D eigenvalue weighted by molar-refractivity contribution is -0.148. The van der Waals surface area contributed by atoms with Crippen LogP contribution in [0.25, 0.3) is 0 Å². The maximum absolute atomic E-state index is 12.2. The van der Waals surface area contributed by atoms with Crippen molar-refractivity contribution in [3.05, 3.63) is 21.4 Å². The summed E-state index contributed by atoms with van der Waals surface area (Å²) < 4.78 is 4.82. The summed E-state index contributed by atoms with van der Waals surface area (Å²) in [6, 6.07) is 1.97. The first-order chi connectivity index (χ1) is 10.7. The van der Waals surface area contributed by atoms with Gasteiger partial charge in [0.1, 0.15) is 0 Å². The van der Waals surface area contributed by atoms with Crippen LogP contribution >= 0.6 is 11.3 Å². The van der Waals surface area contributed by atoms with Crippen molar-refractivity contribution in [2.45, 2.75) is 46.1 Å². The van der Waals surface area contributed by atoms with Gasteiger partial charge in [-0.15, -0.1) is 11.3 Å². The van der Waals surface area contributed by atoms with Crippen LogP contribution in [0.3, 0.4) is 0 Å². The van der Waals surface area contributed by atoms with Crippen LogP contribution in [-0.4, -0.2) is 36.7 Å². The molecular formula is C17H25NO4S. The first-order valence-corrected chi connectivity index (χ1v) is 8.69. The number of ether oxygens (including phenoxy) is 1. The molecule has 0 radical (unpaired) electrons. The van der Waals surface area contributed by atoms with Gasteiger partial charge >= 0.3 is 5.97 Å². The third-order valence-corrected chi connectivity index (χ3v) is 5.78. The highest BCUT2D eigenvalue weighted by Crippen LogP contribution is 2.40. The number of amides is 1. The van der Waals surface area contributed by atoms with Gasteiger partial charge in [-0.05, 0) is 42.2 Å². The molecule has 1 heterocycles. The normalized spacial score (nSPS) is 19.0. The highest BCUT2D eigenvalue weighted by atomic mass is 32.1. The minimum Gasteiger partial charge on any atom is -0.479 e. The molecule has 128 valence electrons. The molecule has 1 aromatic heterocycles. The topological polar surface area (TPSA) is 75.6 Å². The largest absolute Gasteiger partial charge is 0.479 e. The molecule has 0 spiro atoms. The molecule has 2 unspecified atom stereocenters. The fourth-order valence-corrected chi connectivity index (χ4v) is 4.04. The molecule has 0 saturated heterocycles. The van der Waals surface area contributed by atoms with Crippen LogP contribution in [0.2, 0.25) is 0 Å². The van der Waals surface area contributed by atoms with Crippen molar-refractivity contribution in [1.82, 2.24) is 5.32 Å². The number of fused-ring (bicyclic) bond motifs is 1. The molecule has 2 rings (SSSR count). The molecule has 0 aliphatic heterocycles. The summed E-state index contributed by atoms with van der Waals surface area (Å²) in [6.07, 6.45) is 2.17. The number of methoxy groups -OCH3 is 1. The van der Waals surface area contributed by atoms with Crippen molar-refractivity contribution in [2.24, 2.45) is 11.3 Å². The molecule has 1 aliphatic rings. The lowest BCUT2D eigenvalue weighted by Gasteiger charge is -2.33. The van der Waals surface area contributed by atoms with Gasteiger partial charge in [-0.25, -0.2) is 4.79 Å². The summed E-state index contributed by atoms with van der Waals surface area (Å²) in [7, 11) is 1.32. The number of thiophene rings is 1. The summed E-state index contributed by atoms with van der Waals surface area (Å²) in [6.45, 7) is 6.76. The fraction of sp³-hybridized carbons (Fsp3) is 0.647. The zero-order chi connectivity index (χ0) is 17.2. The monoisotopic (exact) mass is 339 g/mol. The zero-order valence-electron chi connectivity index (χ0n) is 14.1. The lowest BCUT2D eigenvalue weighted by atomic mass is 9.72. The van der Waals surface area contributed by atoms with E-state index in [1.165, 1.54) is 28.9 Å². The van der Waals surface area contributed by atoms with Crippen molar-refractivity contribution >= 4 is 23.2 Å². The SMILES string of the molecule is COC(CNC(=O)c1cc2c(s1)CCC(C(C)(C)C)C2)C(=O)O. The van der Waals surface area contributed by atoms with Gasteiger partial charge in [0.15, 0.2) is 6.10 Å². The maximum atomic E-state index is 12.2. The summed E-state index contributed by atoms with van der Waals surface area (Å²) in [5.41, 5.74) is 1.54. The maximum Gasteiger partial charge on any atom is 0.334 e. The minimum absolute atomic E-state index is 0.0299. The highest BCUT2D eigenvalue weighted by Gasteiger charge is 2.30. The second kappa shape index (κ2) is 7.01. The van der Waals surface area contributed by atoms with E-state index in [4.69, 9.17) is 9.84 Å². The third kappa shape index (κ3) is 4.32. The number of nitrogens with one attached hydrogen (secondary N) is 1. The number of aliphatic carboxylic acids is 1. The number of aryl methyl sites for hydroxylation is 1. The van der Waals surface area contributed by atoms with Crippen LogP contribution in [0, 0.1) is 11.3 Å². The van der Waals surface area contributed by atoms with E-state index in [2.05, 4.69) is 26.1 Å². The average Bonchev–Trinajstić information content (AvgIpc) is 2.89. The molecule has 1 aromatic rings. The Morgan fingerprint density at radius 3 is 2.74 bits per heavy atom. The van der Waals surface area contributed by atoms with Crippen molar-refractivity contribution < 1.29 is 19.4 Å². The molecule has 0 saturated carbocycles. The lowest BCUT2D eigenvalue weighted by Crippen LogP contribution is -2.37. The Labute approximate surface area is 141 Å². The van der Waals surface area contributed by atoms with Gasteiger partial charge in [0, 0.05) is 12.0 Å². The van der Waals surface area contributed by atoms with Crippen LogP contribution < -0.4 is 5.32 Å². The number of hydrogen-bond acceptors (Lipinski definition) is 4. The molecule has 1 aliphatic carbocycles. The molecule has 2 N–H and O–H groups in total. The molecular weight excluding hydrogens is 314 g/mol. The number of carbonyl (C=O) groups is 2. The number of carboxylic acid groups (broad SMARTS) is 1. The van der Waals surface area contributed by atoms with Crippen molar-refractivity contribution in [3.8, 4) is 0 Å². The van der Waals surface area contributed by atoms with E-state index in [9.17, 15) is 9.59 Å². The van der Waals surface area contributed by atoms with Crippen molar-refractivity contribution in [2.75, 3.05) is 13.7 Å². The molecule has 1 amide bonds. The third-order valence-electron chi connectivity index (χ3n) is 4.54. The van der Waals surface area contributed by atoms with Gasteiger partial charge in [0.05, 0.1) is 11.4 Å². The quantitative estimate of drug-likeness (QED) is 0.865. The van der Waals surface area contributed by atoms with Crippen LogP contribution in [0.4, 0.5) is 0 Å². The first-order valence-electron chi connectivity index (χ1n) is 7.87. The average molecular weight is 339 g/mol. The van der Waals surface area contributed by atoms with Gasteiger partial charge in [-0.3, -0.25) is 4.79 Å². The molecule has 0 aromatic carbocycles. The van der Waals surface area contributed by atoms with Gasteiger partial charge in [0.25, 0.3) is 5.91 Å². The number of carboxylic acids is 1. The second-order valence-electron chi connectivity index (χ2n) is 7.14. The van der Waals surface area contributed by atoms with E-state index in [-0.39, 0.29) is 17.9 Å². The van der Waals surface area contributed by atoms with E-state index in [1.807, 2.05) is 6.07 Å². The standard InChI is InChI=1S/C17H25NO4S/c1-17(2,3)11-5-6-13-10(7-11)8-14(23-13)15(19)18-9-12(22-4)16(20)21/h8,11-12H,5-7,9H2,1-4H3,(H,18,19)(H,20,21). The van der Waals surface area contributed by atoms with E-state index < -0.39 is 12.1 Å². The van der Waals surface area contributed by atoms with Crippen LogP contribution in [0.15, 0.2) is 6.07 Å². The van der Waals surface area contributed by atoms with Crippen LogP contribution in [-0.2, 0) is 22.4 Å². The van der Waals surface area contributed by atoms with Gasteiger partial charge in [-0.1, -0.05) is 20.8 Å². The van der Waals surface area contributed by atoms with Gasteiger partial charge < -0.3 is 15.2 Å². The Bertz CT molecular complexity index is 588. The van der Waals surface area contributed by atoms with E-state index in [0.717, 1.165) is 19.3 Å². The minimum atomic E-state index is -1.08. The summed E-state index contributed by atoms with van der Waals surface area (Å²) >= 11 is 1.52. The van der Waals surface area contributed by atoms with E-state index in [1.54, 1.807) is 0 Å². The Hall–Kier alpha value is -1.40. The highest BCUT2D eigenvalue weighted by molar-refractivity contribution is 7.14. The predicted octanol–water partition coefficient (Wildman–Crippen LogP) is 2.73. The smallest absolute Gasteiger partial charge is 0.334 e. The number of rotatable bonds is 5.